The van der Waals surface area contributed by atoms with Crippen molar-refractivity contribution in [3.63, 3.8) is 0 Å². The number of carboxylic acids is 1. The van der Waals surface area contributed by atoms with E-state index in [9.17, 15) is 14.3 Å². The lowest BCUT2D eigenvalue weighted by atomic mass is 9.82. The van der Waals surface area contributed by atoms with Crippen LogP contribution in [0, 0.1) is 5.82 Å². The monoisotopic (exact) mass is 452 g/mol. The second-order valence-electron chi connectivity index (χ2n) is 9.15. The molecular formula is C24H25FN4O4. The minimum atomic E-state index is -0.971. The molecule has 0 unspecified atom stereocenters. The minimum absolute atomic E-state index is 0.172. The molecule has 0 aliphatic carbocycles. The van der Waals surface area contributed by atoms with Crippen LogP contribution in [0.5, 0.6) is 0 Å². The lowest BCUT2D eigenvalue weighted by molar-refractivity contribution is -0.147. The molecule has 8 nitrogen and oxygen atoms in total. The van der Waals surface area contributed by atoms with Gasteiger partial charge in [0.25, 0.3) is 0 Å². The van der Waals surface area contributed by atoms with Gasteiger partial charge in [0.05, 0.1) is 30.4 Å². The van der Waals surface area contributed by atoms with Gasteiger partial charge in [-0.05, 0) is 36.8 Å². The highest BCUT2D eigenvalue weighted by molar-refractivity contribution is 5.94. The summed E-state index contributed by atoms with van der Waals surface area (Å²) in [6.45, 7) is 4.85. The molecule has 0 spiro atoms. The number of ether oxygens (including phenoxy) is 2. The molecule has 0 bridgehead atoms. The molecule has 5 rings (SSSR count). The number of carboxylic acid groups (broad SMARTS) is 1. The Balaban J connectivity index is 1.86. The van der Waals surface area contributed by atoms with Crippen LogP contribution in [0.3, 0.4) is 0 Å². The van der Waals surface area contributed by atoms with Gasteiger partial charge in [0.2, 0.25) is 0 Å². The number of hydrogen-bond donors (Lipinski definition) is 2. The quantitative estimate of drug-likeness (QED) is 0.460. The first-order valence-electron chi connectivity index (χ1n) is 10.8. The van der Waals surface area contributed by atoms with Crippen molar-refractivity contribution in [1.29, 1.82) is 0 Å². The topological polar surface area (TPSA) is 102 Å². The van der Waals surface area contributed by atoms with E-state index in [1.54, 1.807) is 25.4 Å². The summed E-state index contributed by atoms with van der Waals surface area (Å²) >= 11 is 0. The average molecular weight is 452 g/mol. The average Bonchev–Trinajstić information content (AvgIpc) is 3.49. The normalized spacial score (nSPS) is 19.0. The Hall–Kier alpha value is -3.30. The van der Waals surface area contributed by atoms with Gasteiger partial charge in [0, 0.05) is 40.8 Å². The van der Waals surface area contributed by atoms with Gasteiger partial charge in [-0.25, -0.2) is 14.2 Å². The number of carbonyl (C=O) groups is 1. The molecule has 1 aliphatic heterocycles. The summed E-state index contributed by atoms with van der Waals surface area (Å²) in [4.78, 5) is 16.5. The first kappa shape index (κ1) is 21.5. The van der Waals surface area contributed by atoms with Crippen molar-refractivity contribution in [2.45, 2.75) is 37.7 Å². The van der Waals surface area contributed by atoms with E-state index in [0.717, 1.165) is 33.4 Å². The summed E-state index contributed by atoms with van der Waals surface area (Å²) in [5.41, 5.74) is 4.41. The molecule has 0 amide bonds. The van der Waals surface area contributed by atoms with Crippen LogP contribution in [0.1, 0.15) is 37.4 Å². The van der Waals surface area contributed by atoms with E-state index in [0.29, 0.717) is 18.7 Å². The zero-order chi connectivity index (χ0) is 23.3. The van der Waals surface area contributed by atoms with Crippen molar-refractivity contribution in [2.75, 3.05) is 20.3 Å². The predicted molar refractivity (Wildman–Crippen MR) is 120 cm³/mol. The summed E-state index contributed by atoms with van der Waals surface area (Å²) in [5, 5.41) is 17.4. The highest BCUT2D eigenvalue weighted by atomic mass is 19.1. The van der Waals surface area contributed by atoms with Crippen LogP contribution in [-0.4, -0.2) is 57.3 Å². The van der Waals surface area contributed by atoms with Crippen LogP contribution in [0.4, 0.5) is 4.39 Å². The molecule has 4 heterocycles. The van der Waals surface area contributed by atoms with Gasteiger partial charge in [-0.1, -0.05) is 13.8 Å². The van der Waals surface area contributed by atoms with Crippen LogP contribution < -0.4 is 0 Å². The number of aromatic amines is 1. The third kappa shape index (κ3) is 3.57. The lowest BCUT2D eigenvalue weighted by Gasteiger charge is -2.29. The SMILES string of the molecule is COCC(C)(C)c1c([C@H]2CO[C@H](C(=O)O)C2)c2nc3[nH]ncc3cc2n1-c1ccc(F)cc1. The fraction of sp³-hybridized carbons (Fsp3) is 0.375. The number of benzene rings is 1. The van der Waals surface area contributed by atoms with Crippen LogP contribution in [0.2, 0.25) is 0 Å². The zero-order valence-corrected chi connectivity index (χ0v) is 18.6. The van der Waals surface area contributed by atoms with E-state index < -0.39 is 17.5 Å². The van der Waals surface area contributed by atoms with Crippen LogP contribution >= 0.6 is 0 Å². The minimum Gasteiger partial charge on any atom is -0.479 e. The van der Waals surface area contributed by atoms with Crippen LogP contribution in [0.25, 0.3) is 27.8 Å². The Kier molecular flexibility index (Phi) is 5.18. The Bertz CT molecular complexity index is 1340. The molecular weight excluding hydrogens is 427 g/mol. The Morgan fingerprint density at radius 3 is 2.79 bits per heavy atom. The molecule has 0 saturated carbocycles. The molecule has 1 aliphatic rings. The maximum absolute atomic E-state index is 13.8. The fourth-order valence-electron chi connectivity index (χ4n) is 4.93. The van der Waals surface area contributed by atoms with Crippen LogP contribution in [0.15, 0.2) is 36.5 Å². The number of aromatic nitrogens is 4. The van der Waals surface area contributed by atoms with Gasteiger partial charge >= 0.3 is 5.97 Å². The number of aliphatic carboxylic acids is 1. The maximum atomic E-state index is 13.8. The van der Waals surface area contributed by atoms with Crippen molar-refractivity contribution in [3.05, 3.63) is 53.6 Å². The number of halogens is 1. The van der Waals surface area contributed by atoms with E-state index in [1.807, 2.05) is 6.07 Å². The number of methoxy groups -OCH3 is 1. The van der Waals surface area contributed by atoms with Crippen molar-refractivity contribution in [3.8, 4) is 5.69 Å². The predicted octanol–water partition coefficient (Wildman–Crippen LogP) is 3.92. The molecule has 1 saturated heterocycles. The van der Waals surface area contributed by atoms with Gasteiger partial charge in [-0.2, -0.15) is 5.10 Å². The number of H-pyrrole nitrogens is 1. The second kappa shape index (κ2) is 7.93. The maximum Gasteiger partial charge on any atom is 0.332 e. The van der Waals surface area contributed by atoms with Gasteiger partial charge in [-0.15, -0.1) is 0 Å². The van der Waals surface area contributed by atoms with Gasteiger partial charge in [0.1, 0.15) is 5.82 Å². The molecule has 172 valence electrons. The second-order valence-corrected chi connectivity index (χ2v) is 9.15. The van der Waals surface area contributed by atoms with Crippen molar-refractivity contribution < 1.29 is 23.8 Å². The van der Waals surface area contributed by atoms with Gasteiger partial charge in [0.15, 0.2) is 11.8 Å². The van der Waals surface area contributed by atoms with Gasteiger partial charge < -0.3 is 19.1 Å². The molecule has 4 aromatic rings. The molecule has 2 atom stereocenters. The van der Waals surface area contributed by atoms with Crippen LogP contribution in [-0.2, 0) is 19.7 Å². The third-order valence-electron chi connectivity index (χ3n) is 6.29. The van der Waals surface area contributed by atoms with E-state index in [-0.39, 0.29) is 18.3 Å². The number of hydrogen-bond acceptors (Lipinski definition) is 5. The molecule has 3 aromatic heterocycles. The number of pyridine rings is 1. The van der Waals surface area contributed by atoms with Gasteiger partial charge in [-0.3, -0.25) is 5.10 Å². The summed E-state index contributed by atoms with van der Waals surface area (Å²) in [7, 11) is 1.65. The number of nitrogens with one attached hydrogen (secondary N) is 1. The number of nitrogens with zero attached hydrogens (tertiary/aromatic N) is 3. The molecule has 0 radical (unpaired) electrons. The summed E-state index contributed by atoms with van der Waals surface area (Å²) < 4.78 is 27.1. The molecule has 33 heavy (non-hydrogen) atoms. The number of rotatable bonds is 6. The first-order valence-corrected chi connectivity index (χ1v) is 10.8. The molecule has 9 heteroatoms. The van der Waals surface area contributed by atoms with Crippen molar-refractivity contribution in [1.82, 2.24) is 19.7 Å². The lowest BCUT2D eigenvalue weighted by Crippen LogP contribution is -2.29. The Labute approximate surface area is 189 Å². The third-order valence-corrected chi connectivity index (χ3v) is 6.29. The molecule has 1 aromatic carbocycles. The van der Waals surface area contributed by atoms with Crippen molar-refractivity contribution >= 4 is 28.0 Å². The Morgan fingerprint density at radius 2 is 2.12 bits per heavy atom. The van der Waals surface area contributed by atoms with Crippen molar-refractivity contribution in [2.24, 2.45) is 0 Å². The molecule has 1 fully saturated rings. The highest BCUT2D eigenvalue weighted by Gasteiger charge is 2.40. The summed E-state index contributed by atoms with van der Waals surface area (Å²) in [6, 6.07) is 8.32. The largest absolute Gasteiger partial charge is 0.479 e. The van der Waals surface area contributed by atoms with E-state index in [2.05, 4.69) is 28.6 Å². The standard InChI is InChI=1S/C24H25FN4O4/c1-24(2,12-32-3)21-19(14-9-18(23(30)31)33-11-14)20-17(8-13-10-26-28-22(13)27-20)29(21)16-6-4-15(25)5-7-16/h4-8,10,14,18H,9,11-12H2,1-3H3,(H,30,31)(H,26,27,28)/t14-,18+/m1/s1. The summed E-state index contributed by atoms with van der Waals surface area (Å²) in [5.74, 6) is -1.47. The fourth-order valence-corrected chi connectivity index (χ4v) is 4.93. The zero-order valence-electron chi connectivity index (χ0n) is 18.6. The van der Waals surface area contributed by atoms with E-state index in [1.165, 1.54) is 12.1 Å². The number of fused-ring (bicyclic) bond motifs is 2. The summed E-state index contributed by atoms with van der Waals surface area (Å²) in [6.07, 6.45) is 1.19. The van der Waals surface area contributed by atoms with E-state index in [4.69, 9.17) is 14.5 Å². The smallest absolute Gasteiger partial charge is 0.332 e. The molecule has 2 N–H and O–H groups in total. The first-order chi connectivity index (χ1) is 15.8. The van der Waals surface area contributed by atoms with E-state index >= 15 is 0 Å². The highest BCUT2D eigenvalue weighted by Crippen LogP contribution is 2.44. The Morgan fingerprint density at radius 1 is 1.36 bits per heavy atom.